The lowest BCUT2D eigenvalue weighted by atomic mass is 9.95. The van der Waals surface area contributed by atoms with Crippen molar-refractivity contribution in [3.05, 3.63) is 76.3 Å². The van der Waals surface area contributed by atoms with Gasteiger partial charge in [-0.1, -0.05) is 24.3 Å². The van der Waals surface area contributed by atoms with Gasteiger partial charge in [0, 0.05) is 51.8 Å². The average molecular weight is 651 g/mol. The van der Waals surface area contributed by atoms with Crippen LogP contribution in [0.4, 0.5) is 32.2 Å². The molecule has 46 heavy (non-hydrogen) atoms. The molecule has 13 heteroatoms. The molecule has 0 unspecified atom stereocenters. The van der Waals surface area contributed by atoms with Crippen molar-refractivity contribution in [2.75, 3.05) is 44.2 Å². The molecule has 0 N–H and O–H groups in total. The maximum absolute atomic E-state index is 14.3. The molecular formula is C33H36F6N4O3. The molecule has 2 aromatic carbocycles. The number of pyridine rings is 1. The third-order valence-corrected chi connectivity index (χ3v) is 7.86. The van der Waals surface area contributed by atoms with Gasteiger partial charge in [-0.3, -0.25) is 9.59 Å². The molecule has 3 aromatic rings. The Labute approximate surface area is 263 Å². The minimum atomic E-state index is -5.02. The second kappa shape index (κ2) is 14.0. The Kier molecular flexibility index (Phi) is 10.5. The number of halogens is 6. The van der Waals surface area contributed by atoms with Crippen LogP contribution in [-0.4, -0.2) is 65.9 Å². The van der Waals surface area contributed by atoms with Crippen LogP contribution in [0.1, 0.15) is 59.8 Å². The maximum Gasteiger partial charge on any atom is 0.416 e. The predicted octanol–water partition coefficient (Wildman–Crippen LogP) is 7.21. The molecule has 0 aliphatic carbocycles. The molecule has 2 amide bonds. The molecule has 7 nitrogen and oxygen atoms in total. The van der Waals surface area contributed by atoms with Crippen LogP contribution in [0.3, 0.4) is 0 Å². The normalized spacial score (nSPS) is 14.2. The van der Waals surface area contributed by atoms with Gasteiger partial charge < -0.3 is 19.4 Å². The van der Waals surface area contributed by atoms with Crippen molar-refractivity contribution in [2.24, 2.45) is 0 Å². The van der Waals surface area contributed by atoms with Crippen LogP contribution < -0.4 is 9.64 Å². The van der Waals surface area contributed by atoms with Crippen LogP contribution >= 0.6 is 0 Å². The summed E-state index contributed by atoms with van der Waals surface area (Å²) >= 11 is 0. The van der Waals surface area contributed by atoms with Gasteiger partial charge in [-0.15, -0.1) is 0 Å². The summed E-state index contributed by atoms with van der Waals surface area (Å²) in [5, 5.41) is 0. The van der Waals surface area contributed by atoms with Gasteiger partial charge >= 0.3 is 12.4 Å². The summed E-state index contributed by atoms with van der Waals surface area (Å²) in [6.07, 6.45) is -9.36. The molecular weight excluding hydrogens is 614 g/mol. The lowest BCUT2D eigenvalue weighted by molar-refractivity contribution is -0.143. The molecule has 1 fully saturated rings. The lowest BCUT2D eigenvalue weighted by Crippen LogP contribution is -2.34. The number of hydrogen-bond donors (Lipinski definition) is 0. The Morgan fingerprint density at radius 3 is 2.11 bits per heavy atom. The molecule has 0 spiro atoms. The zero-order valence-electron chi connectivity index (χ0n) is 26.1. The highest BCUT2D eigenvalue weighted by Gasteiger charge is 2.37. The number of aromatic nitrogens is 1. The SMILES string of the molecule is CCOc1nc(N2CCCN(C(C)=O)CC2)cc(-c2ccccc2C)c1C(=O)N(CC)Cc1cc(C(F)(F)F)cc(C(F)(F)F)c1. The molecule has 0 radical (unpaired) electrons. The Balaban J connectivity index is 1.84. The zero-order chi connectivity index (χ0) is 33.8. The molecule has 0 saturated carbocycles. The van der Waals surface area contributed by atoms with E-state index in [0.717, 1.165) is 5.56 Å². The minimum absolute atomic E-state index is 0.00519. The number of ether oxygens (including phenoxy) is 1. The van der Waals surface area contributed by atoms with Gasteiger partial charge in [0.1, 0.15) is 11.4 Å². The first-order valence-corrected chi connectivity index (χ1v) is 15.0. The van der Waals surface area contributed by atoms with Gasteiger partial charge in [-0.2, -0.15) is 31.3 Å². The van der Waals surface area contributed by atoms with Crippen molar-refractivity contribution in [1.29, 1.82) is 0 Å². The summed E-state index contributed by atoms with van der Waals surface area (Å²) in [5.41, 5.74) is -1.22. The van der Waals surface area contributed by atoms with E-state index in [1.807, 2.05) is 30.0 Å². The Morgan fingerprint density at radius 1 is 0.891 bits per heavy atom. The highest BCUT2D eigenvalue weighted by molar-refractivity contribution is 6.04. The summed E-state index contributed by atoms with van der Waals surface area (Å²) < 4.78 is 87.4. The number of nitrogens with zero attached hydrogens (tertiary/aromatic N) is 4. The van der Waals surface area contributed by atoms with Gasteiger partial charge in [0.15, 0.2) is 0 Å². The molecule has 1 aliphatic heterocycles. The fourth-order valence-corrected chi connectivity index (χ4v) is 5.48. The second-order valence-corrected chi connectivity index (χ2v) is 11.0. The van der Waals surface area contributed by atoms with E-state index < -0.39 is 35.9 Å². The third-order valence-electron chi connectivity index (χ3n) is 7.86. The molecule has 4 rings (SSSR count). The van der Waals surface area contributed by atoms with Crippen LogP contribution in [0.15, 0.2) is 48.5 Å². The van der Waals surface area contributed by atoms with Gasteiger partial charge in [0.05, 0.1) is 17.7 Å². The fraction of sp³-hybridized carbons (Fsp3) is 0.424. The summed E-state index contributed by atoms with van der Waals surface area (Å²) in [6.45, 7) is 8.40. The van der Waals surface area contributed by atoms with Gasteiger partial charge in [0.25, 0.3) is 5.91 Å². The average Bonchev–Trinajstić information content (AvgIpc) is 3.25. The molecule has 248 valence electrons. The number of amides is 2. The fourth-order valence-electron chi connectivity index (χ4n) is 5.48. The third kappa shape index (κ3) is 7.91. The van der Waals surface area contributed by atoms with E-state index in [1.165, 1.54) is 11.8 Å². The minimum Gasteiger partial charge on any atom is -0.477 e. The van der Waals surface area contributed by atoms with E-state index in [4.69, 9.17) is 9.72 Å². The Morgan fingerprint density at radius 2 is 1.54 bits per heavy atom. The Hall–Kier alpha value is -4.29. The van der Waals surface area contributed by atoms with Crippen LogP contribution in [0, 0.1) is 6.92 Å². The van der Waals surface area contributed by atoms with Crippen molar-refractivity contribution in [3.63, 3.8) is 0 Å². The number of hydrogen-bond acceptors (Lipinski definition) is 5. The monoisotopic (exact) mass is 650 g/mol. The molecule has 1 saturated heterocycles. The summed E-state index contributed by atoms with van der Waals surface area (Å²) in [6, 6.07) is 10.4. The quantitative estimate of drug-likeness (QED) is 0.241. The summed E-state index contributed by atoms with van der Waals surface area (Å²) in [7, 11) is 0. The summed E-state index contributed by atoms with van der Waals surface area (Å²) in [5.74, 6) is -0.184. The number of benzene rings is 2. The molecule has 1 aromatic heterocycles. The number of carbonyl (C=O) groups excluding carboxylic acids is 2. The highest BCUT2D eigenvalue weighted by atomic mass is 19.4. The van der Waals surface area contributed by atoms with Crippen molar-refractivity contribution >= 4 is 17.6 Å². The van der Waals surface area contributed by atoms with E-state index in [-0.39, 0.29) is 42.1 Å². The highest BCUT2D eigenvalue weighted by Crippen LogP contribution is 2.39. The van der Waals surface area contributed by atoms with Crippen molar-refractivity contribution in [3.8, 4) is 17.0 Å². The lowest BCUT2D eigenvalue weighted by Gasteiger charge is -2.27. The van der Waals surface area contributed by atoms with Crippen LogP contribution in [0.2, 0.25) is 0 Å². The van der Waals surface area contributed by atoms with Gasteiger partial charge in [-0.25, -0.2) is 0 Å². The zero-order valence-corrected chi connectivity index (χ0v) is 26.1. The van der Waals surface area contributed by atoms with Crippen molar-refractivity contribution in [2.45, 2.75) is 53.0 Å². The van der Waals surface area contributed by atoms with E-state index in [9.17, 15) is 35.9 Å². The first-order valence-electron chi connectivity index (χ1n) is 15.0. The van der Waals surface area contributed by atoms with E-state index in [2.05, 4.69) is 0 Å². The van der Waals surface area contributed by atoms with Crippen LogP contribution in [-0.2, 0) is 23.7 Å². The van der Waals surface area contributed by atoms with Gasteiger partial charge in [-0.05, 0) is 68.1 Å². The maximum atomic E-state index is 14.3. The number of aryl methyl sites for hydroxylation is 1. The number of anilines is 1. The Bertz CT molecular complexity index is 1540. The number of carbonyl (C=O) groups is 2. The largest absolute Gasteiger partial charge is 0.477 e. The summed E-state index contributed by atoms with van der Waals surface area (Å²) in [4.78, 5) is 35.9. The van der Waals surface area contributed by atoms with Gasteiger partial charge in [0.2, 0.25) is 11.8 Å². The standard InChI is InChI=1S/C33H36F6N4O3/c1-5-41(20-23-16-24(32(34,35)36)18-25(17-23)33(37,38)39)31(45)29-27(26-11-8-7-10-21(26)3)19-28(40-30(29)46-6-2)43-13-9-12-42(14-15-43)22(4)44/h7-8,10-11,16-19H,5-6,9,12-15,20H2,1-4H3. The van der Waals surface area contributed by atoms with Crippen LogP contribution in [0.25, 0.3) is 11.1 Å². The molecule has 2 heterocycles. The second-order valence-electron chi connectivity index (χ2n) is 11.0. The van der Waals surface area contributed by atoms with E-state index >= 15 is 0 Å². The number of alkyl halides is 6. The topological polar surface area (TPSA) is 66.0 Å². The van der Waals surface area contributed by atoms with Crippen LogP contribution in [0.5, 0.6) is 5.88 Å². The van der Waals surface area contributed by atoms with Crippen molar-refractivity contribution < 1.29 is 40.7 Å². The molecule has 1 aliphatic rings. The van der Waals surface area contributed by atoms with E-state index in [0.29, 0.717) is 61.7 Å². The number of rotatable bonds is 8. The predicted molar refractivity (Wildman–Crippen MR) is 162 cm³/mol. The first kappa shape index (κ1) is 34.6. The first-order chi connectivity index (χ1) is 21.6. The molecule has 0 atom stereocenters. The van der Waals surface area contributed by atoms with Crippen molar-refractivity contribution in [1.82, 2.24) is 14.8 Å². The molecule has 0 bridgehead atoms. The van der Waals surface area contributed by atoms with E-state index in [1.54, 1.807) is 30.9 Å². The smallest absolute Gasteiger partial charge is 0.416 e.